The largest absolute Gasteiger partial charge is 0.462 e. The molecule has 0 spiro atoms. The van der Waals surface area contributed by atoms with E-state index in [1.165, 1.54) is 0 Å². The summed E-state index contributed by atoms with van der Waals surface area (Å²) in [5.41, 5.74) is -0.271. The second-order valence-electron chi connectivity index (χ2n) is 13.7. The maximum atomic E-state index is 13.2. The molecule has 3 rings (SSSR count). The normalized spacial score (nSPS) is 31.5. The Morgan fingerprint density at radius 1 is 0.906 bits per heavy atom. The first kappa shape index (κ1) is 25.6. The van der Waals surface area contributed by atoms with Crippen molar-refractivity contribution in [1.82, 2.24) is 0 Å². The van der Waals surface area contributed by atoms with Gasteiger partial charge in [0, 0.05) is 0 Å². The zero-order valence-corrected chi connectivity index (χ0v) is 21.8. The lowest BCUT2D eigenvalue weighted by Crippen LogP contribution is -2.41. The molecule has 0 aromatic rings. The van der Waals surface area contributed by atoms with Crippen molar-refractivity contribution in [2.75, 3.05) is 0 Å². The van der Waals surface area contributed by atoms with E-state index in [1.54, 1.807) is 0 Å². The van der Waals surface area contributed by atoms with Gasteiger partial charge in [0.25, 0.3) is 0 Å². The summed E-state index contributed by atoms with van der Waals surface area (Å²) in [5, 5.41) is 0. The molecule has 0 bridgehead atoms. The summed E-state index contributed by atoms with van der Waals surface area (Å²) in [6, 6.07) is 0. The van der Waals surface area contributed by atoms with Crippen molar-refractivity contribution in [2.45, 2.75) is 131 Å². The Labute approximate surface area is 196 Å². The first-order valence-electron chi connectivity index (χ1n) is 13.2. The highest BCUT2D eigenvalue weighted by atomic mass is 16.6. The molecule has 0 heterocycles. The Hall–Kier alpha value is -1.06. The van der Waals surface area contributed by atoms with Gasteiger partial charge in [-0.05, 0) is 100 Å². The maximum absolute atomic E-state index is 13.2. The standard InChI is InChI=1S/C28H48O4/c1-26(2,3)18-23(27(4,5)6)25(30)31-22-13-12-19-10-11-20(16-21(19)17-22)24(29)32-28(7)14-8-9-15-28/h19-23H,8-18H2,1-7H3. The highest BCUT2D eigenvalue weighted by Crippen LogP contribution is 2.45. The summed E-state index contributed by atoms with van der Waals surface area (Å²) in [6.45, 7) is 15.1. The summed E-state index contributed by atoms with van der Waals surface area (Å²) < 4.78 is 12.1. The van der Waals surface area contributed by atoms with E-state index in [0.717, 1.165) is 70.6 Å². The van der Waals surface area contributed by atoms with Crippen molar-refractivity contribution in [2.24, 2.45) is 34.5 Å². The monoisotopic (exact) mass is 448 g/mol. The smallest absolute Gasteiger partial charge is 0.309 e. The van der Waals surface area contributed by atoms with Gasteiger partial charge in [-0.2, -0.15) is 0 Å². The minimum absolute atomic E-state index is 0.00399. The second-order valence-corrected chi connectivity index (χ2v) is 13.7. The molecule has 0 aromatic carbocycles. The van der Waals surface area contributed by atoms with Crippen LogP contribution >= 0.6 is 0 Å². The lowest BCUT2D eigenvalue weighted by atomic mass is 9.66. The molecule has 0 radical (unpaired) electrons. The van der Waals surface area contributed by atoms with E-state index >= 15 is 0 Å². The van der Waals surface area contributed by atoms with Crippen LogP contribution in [0.25, 0.3) is 0 Å². The lowest BCUT2D eigenvalue weighted by Gasteiger charge is -2.42. The Kier molecular flexibility index (Phi) is 7.72. The molecule has 0 amide bonds. The van der Waals surface area contributed by atoms with Gasteiger partial charge < -0.3 is 9.47 Å². The molecule has 0 saturated heterocycles. The quantitative estimate of drug-likeness (QED) is 0.421. The van der Waals surface area contributed by atoms with Gasteiger partial charge in [-0.3, -0.25) is 9.59 Å². The highest BCUT2D eigenvalue weighted by Gasteiger charge is 2.43. The van der Waals surface area contributed by atoms with Gasteiger partial charge in [0.1, 0.15) is 11.7 Å². The third-order valence-corrected chi connectivity index (χ3v) is 8.34. The Morgan fingerprint density at radius 3 is 2.12 bits per heavy atom. The van der Waals surface area contributed by atoms with Crippen molar-refractivity contribution >= 4 is 11.9 Å². The molecule has 3 fully saturated rings. The van der Waals surface area contributed by atoms with Crippen LogP contribution in [0.5, 0.6) is 0 Å². The molecule has 32 heavy (non-hydrogen) atoms. The van der Waals surface area contributed by atoms with Crippen LogP contribution in [0.4, 0.5) is 0 Å². The van der Waals surface area contributed by atoms with Gasteiger partial charge in [0.2, 0.25) is 0 Å². The molecule has 0 N–H and O–H groups in total. The van der Waals surface area contributed by atoms with Crippen molar-refractivity contribution < 1.29 is 19.1 Å². The average molecular weight is 449 g/mol. The summed E-state index contributed by atoms with van der Waals surface area (Å²) in [7, 11) is 0. The Bertz CT molecular complexity index is 662. The molecule has 3 aliphatic carbocycles. The average Bonchev–Trinajstić information content (AvgIpc) is 3.10. The summed E-state index contributed by atoms with van der Waals surface area (Å²) in [5.74, 6) is 1.05. The van der Waals surface area contributed by atoms with E-state index in [9.17, 15) is 9.59 Å². The molecule has 0 aliphatic heterocycles. The van der Waals surface area contributed by atoms with Crippen molar-refractivity contribution in [3.05, 3.63) is 0 Å². The van der Waals surface area contributed by atoms with E-state index in [1.807, 2.05) is 0 Å². The topological polar surface area (TPSA) is 52.6 Å². The van der Waals surface area contributed by atoms with Gasteiger partial charge in [0.15, 0.2) is 0 Å². The number of carbonyl (C=O) groups is 2. The van der Waals surface area contributed by atoms with Gasteiger partial charge in [0.05, 0.1) is 11.8 Å². The van der Waals surface area contributed by atoms with Crippen LogP contribution in [0.3, 0.4) is 0 Å². The van der Waals surface area contributed by atoms with Gasteiger partial charge >= 0.3 is 11.9 Å². The fraction of sp³-hybridized carbons (Fsp3) is 0.929. The number of rotatable bonds is 5. The van der Waals surface area contributed by atoms with Crippen molar-refractivity contribution in [3.8, 4) is 0 Å². The van der Waals surface area contributed by atoms with Crippen LogP contribution < -0.4 is 0 Å². The lowest BCUT2D eigenvalue weighted by molar-refractivity contribution is -0.169. The van der Waals surface area contributed by atoms with Crippen molar-refractivity contribution in [3.63, 3.8) is 0 Å². The Balaban J connectivity index is 1.56. The molecule has 3 saturated carbocycles. The predicted octanol–water partition coefficient (Wildman–Crippen LogP) is 7.09. The zero-order chi connectivity index (χ0) is 23.7. The van der Waals surface area contributed by atoms with Crippen LogP contribution in [0, 0.1) is 34.5 Å². The molecular formula is C28H48O4. The SMILES string of the molecule is CC(C)(C)CC(C(=O)OC1CCC2CCC(C(=O)OC3(C)CCCC3)CC2C1)C(C)(C)C. The molecule has 4 nitrogen and oxygen atoms in total. The summed E-state index contributed by atoms with van der Waals surface area (Å²) in [4.78, 5) is 26.1. The fourth-order valence-corrected chi connectivity index (χ4v) is 6.33. The molecule has 0 aromatic heterocycles. The minimum atomic E-state index is -0.242. The van der Waals surface area contributed by atoms with E-state index in [4.69, 9.17) is 9.47 Å². The first-order chi connectivity index (χ1) is 14.8. The van der Waals surface area contributed by atoms with E-state index in [-0.39, 0.29) is 46.3 Å². The fourth-order valence-electron chi connectivity index (χ4n) is 6.33. The summed E-state index contributed by atoms with van der Waals surface area (Å²) >= 11 is 0. The minimum Gasteiger partial charge on any atom is -0.462 e. The third-order valence-electron chi connectivity index (χ3n) is 8.34. The first-order valence-corrected chi connectivity index (χ1v) is 13.2. The second kappa shape index (κ2) is 9.66. The molecule has 4 heteroatoms. The van der Waals surface area contributed by atoms with E-state index in [2.05, 4.69) is 48.5 Å². The third kappa shape index (κ3) is 6.73. The molecule has 3 aliphatic rings. The molecule has 184 valence electrons. The van der Waals surface area contributed by atoms with E-state index in [0.29, 0.717) is 11.8 Å². The van der Waals surface area contributed by atoms with Crippen LogP contribution in [-0.4, -0.2) is 23.6 Å². The van der Waals surface area contributed by atoms with Crippen molar-refractivity contribution in [1.29, 1.82) is 0 Å². The molecular weight excluding hydrogens is 400 g/mol. The Morgan fingerprint density at radius 2 is 1.53 bits per heavy atom. The van der Waals surface area contributed by atoms with E-state index < -0.39 is 0 Å². The number of esters is 2. The predicted molar refractivity (Wildman–Crippen MR) is 128 cm³/mol. The van der Waals surface area contributed by atoms with Crippen LogP contribution in [0.1, 0.15) is 119 Å². The van der Waals surface area contributed by atoms with Gasteiger partial charge in [-0.1, -0.05) is 41.5 Å². The number of hydrogen-bond acceptors (Lipinski definition) is 4. The number of fused-ring (bicyclic) bond motifs is 1. The van der Waals surface area contributed by atoms with Crippen LogP contribution in [-0.2, 0) is 19.1 Å². The number of ether oxygens (including phenoxy) is 2. The highest BCUT2D eigenvalue weighted by molar-refractivity contribution is 5.74. The summed E-state index contributed by atoms with van der Waals surface area (Å²) in [6.07, 6.45) is 11.1. The molecule has 5 unspecified atom stereocenters. The van der Waals surface area contributed by atoms with Gasteiger partial charge in [-0.15, -0.1) is 0 Å². The van der Waals surface area contributed by atoms with Gasteiger partial charge in [-0.25, -0.2) is 0 Å². The van der Waals surface area contributed by atoms with Crippen LogP contribution in [0.15, 0.2) is 0 Å². The zero-order valence-electron chi connectivity index (χ0n) is 21.8. The molecule has 5 atom stereocenters. The number of carbonyl (C=O) groups excluding carboxylic acids is 2. The van der Waals surface area contributed by atoms with Crippen LogP contribution in [0.2, 0.25) is 0 Å². The maximum Gasteiger partial charge on any atom is 0.309 e. The number of hydrogen-bond donors (Lipinski definition) is 0.